The molecule has 1 saturated heterocycles. The molecular weight excluding hydrogens is 344 g/mol. The number of nitro groups is 1. The van der Waals surface area contributed by atoms with Gasteiger partial charge >= 0.3 is 0 Å². The van der Waals surface area contributed by atoms with Crippen molar-refractivity contribution < 1.29 is 9.72 Å². The maximum absolute atomic E-state index is 12.3. The first kappa shape index (κ1) is 18.8. The van der Waals surface area contributed by atoms with Crippen molar-refractivity contribution in [1.29, 1.82) is 0 Å². The van der Waals surface area contributed by atoms with Crippen LogP contribution in [0, 0.1) is 10.1 Å². The number of nitrogens with one attached hydrogen (secondary N) is 1. The van der Waals surface area contributed by atoms with Gasteiger partial charge in [-0.05, 0) is 24.6 Å². The summed E-state index contributed by atoms with van der Waals surface area (Å²) in [4.78, 5) is 27.0. The fourth-order valence-corrected chi connectivity index (χ4v) is 3.26. The molecule has 0 aliphatic carbocycles. The Kier molecular flexibility index (Phi) is 6.03. The third-order valence-corrected chi connectivity index (χ3v) is 4.84. The van der Waals surface area contributed by atoms with Crippen LogP contribution in [-0.2, 0) is 4.79 Å². The Morgan fingerprint density at radius 2 is 1.70 bits per heavy atom. The van der Waals surface area contributed by atoms with Crippen LogP contribution in [0.2, 0.25) is 0 Å². The number of piperazine rings is 1. The van der Waals surface area contributed by atoms with Gasteiger partial charge in [-0.15, -0.1) is 0 Å². The lowest BCUT2D eigenvalue weighted by Crippen LogP contribution is -2.49. The number of nitrogens with zero attached hydrogens (tertiary/aromatic N) is 3. The summed E-state index contributed by atoms with van der Waals surface area (Å²) in [6.45, 7) is 5.51. The van der Waals surface area contributed by atoms with Crippen molar-refractivity contribution in [3.63, 3.8) is 0 Å². The zero-order chi connectivity index (χ0) is 19.2. The van der Waals surface area contributed by atoms with Gasteiger partial charge in [-0.25, -0.2) is 0 Å². The fourth-order valence-electron chi connectivity index (χ4n) is 3.26. The Balaban J connectivity index is 1.46. The number of hydrogen-bond donors (Lipinski definition) is 1. The second-order valence-electron chi connectivity index (χ2n) is 6.74. The van der Waals surface area contributed by atoms with Gasteiger partial charge in [0.2, 0.25) is 5.91 Å². The second kappa shape index (κ2) is 8.64. The fraction of sp³-hybridized carbons (Fsp3) is 0.350. The van der Waals surface area contributed by atoms with Crippen LogP contribution in [0.15, 0.2) is 54.6 Å². The van der Waals surface area contributed by atoms with Gasteiger partial charge < -0.3 is 10.2 Å². The summed E-state index contributed by atoms with van der Waals surface area (Å²) >= 11 is 0. The largest absolute Gasteiger partial charge is 0.369 e. The molecule has 0 saturated carbocycles. The highest BCUT2D eigenvalue weighted by molar-refractivity contribution is 5.78. The first-order valence-corrected chi connectivity index (χ1v) is 9.09. The van der Waals surface area contributed by atoms with E-state index in [0.717, 1.165) is 37.4 Å². The van der Waals surface area contributed by atoms with Crippen LogP contribution in [0.25, 0.3) is 0 Å². The summed E-state index contributed by atoms with van der Waals surface area (Å²) in [6, 6.07) is 16.5. The molecule has 2 aromatic rings. The molecule has 0 bridgehead atoms. The van der Waals surface area contributed by atoms with Gasteiger partial charge in [0.25, 0.3) is 5.69 Å². The molecule has 0 unspecified atom stereocenters. The van der Waals surface area contributed by atoms with Crippen LogP contribution in [0.4, 0.5) is 11.4 Å². The minimum atomic E-state index is -0.392. The number of amides is 1. The van der Waals surface area contributed by atoms with Crippen molar-refractivity contribution in [2.45, 2.75) is 13.0 Å². The monoisotopic (exact) mass is 368 g/mol. The number of anilines is 1. The van der Waals surface area contributed by atoms with E-state index in [1.807, 2.05) is 37.3 Å². The Morgan fingerprint density at radius 3 is 2.30 bits per heavy atom. The van der Waals surface area contributed by atoms with E-state index in [1.54, 1.807) is 12.1 Å². The number of hydrogen-bond acceptors (Lipinski definition) is 5. The first-order chi connectivity index (χ1) is 13.0. The summed E-state index contributed by atoms with van der Waals surface area (Å²) in [5.41, 5.74) is 2.16. The summed E-state index contributed by atoms with van der Waals surface area (Å²) in [6.07, 6.45) is 0. The highest BCUT2D eigenvalue weighted by atomic mass is 16.6. The van der Waals surface area contributed by atoms with Gasteiger partial charge in [0, 0.05) is 44.0 Å². The van der Waals surface area contributed by atoms with Crippen molar-refractivity contribution in [2.24, 2.45) is 0 Å². The van der Waals surface area contributed by atoms with E-state index in [1.165, 1.54) is 12.1 Å². The van der Waals surface area contributed by atoms with E-state index < -0.39 is 4.92 Å². The maximum atomic E-state index is 12.3. The summed E-state index contributed by atoms with van der Waals surface area (Å²) in [7, 11) is 0. The molecule has 1 aliphatic heterocycles. The van der Waals surface area contributed by atoms with Gasteiger partial charge in [0.05, 0.1) is 17.5 Å². The Labute approximate surface area is 158 Å². The summed E-state index contributed by atoms with van der Waals surface area (Å²) in [5.74, 6) is 0.0233. The van der Waals surface area contributed by atoms with E-state index in [4.69, 9.17) is 0 Å². The third kappa shape index (κ3) is 5.04. The predicted octanol–water partition coefficient (Wildman–Crippen LogP) is 2.59. The molecule has 2 aromatic carbocycles. The molecule has 7 heteroatoms. The quantitative estimate of drug-likeness (QED) is 0.626. The lowest BCUT2D eigenvalue weighted by molar-refractivity contribution is -0.384. The number of benzene rings is 2. The van der Waals surface area contributed by atoms with Gasteiger partial charge in [-0.2, -0.15) is 0 Å². The van der Waals surface area contributed by atoms with Gasteiger partial charge in [0.1, 0.15) is 0 Å². The molecule has 1 heterocycles. The smallest absolute Gasteiger partial charge is 0.269 e. The average molecular weight is 368 g/mol. The number of nitro benzene ring substituents is 1. The molecule has 0 spiro atoms. The van der Waals surface area contributed by atoms with Gasteiger partial charge in [-0.1, -0.05) is 30.3 Å². The van der Waals surface area contributed by atoms with Crippen LogP contribution in [0.5, 0.6) is 0 Å². The van der Waals surface area contributed by atoms with E-state index in [2.05, 4.69) is 15.1 Å². The molecule has 1 fully saturated rings. The molecule has 27 heavy (non-hydrogen) atoms. The van der Waals surface area contributed by atoms with Crippen LogP contribution in [-0.4, -0.2) is 48.5 Å². The van der Waals surface area contributed by atoms with Gasteiger partial charge in [-0.3, -0.25) is 19.8 Å². The molecule has 1 aliphatic rings. The van der Waals surface area contributed by atoms with Crippen LogP contribution in [0.3, 0.4) is 0 Å². The minimum Gasteiger partial charge on any atom is -0.369 e. The normalized spacial score (nSPS) is 16.0. The van der Waals surface area contributed by atoms with Crippen molar-refractivity contribution >= 4 is 17.3 Å². The van der Waals surface area contributed by atoms with Crippen LogP contribution in [0.1, 0.15) is 18.5 Å². The zero-order valence-corrected chi connectivity index (χ0v) is 15.4. The highest BCUT2D eigenvalue weighted by Gasteiger charge is 2.20. The topological polar surface area (TPSA) is 78.7 Å². The molecule has 1 amide bonds. The molecule has 1 atom stereocenters. The Morgan fingerprint density at radius 1 is 1.07 bits per heavy atom. The molecular formula is C20H24N4O3. The van der Waals surface area contributed by atoms with E-state index >= 15 is 0 Å². The lowest BCUT2D eigenvalue weighted by Gasteiger charge is -2.35. The van der Waals surface area contributed by atoms with E-state index in [-0.39, 0.29) is 17.6 Å². The van der Waals surface area contributed by atoms with Crippen molar-refractivity contribution in [3.05, 3.63) is 70.3 Å². The SMILES string of the molecule is C[C@@H](NC(=O)CN1CCN(c2ccc([N+](=O)[O-])cc2)CC1)c1ccccc1. The van der Waals surface area contributed by atoms with E-state index in [0.29, 0.717) is 6.54 Å². The molecule has 1 N–H and O–H groups in total. The standard InChI is InChI=1S/C20H24N4O3/c1-16(17-5-3-2-4-6-17)21-20(25)15-22-11-13-23(14-12-22)18-7-9-19(10-8-18)24(26)27/h2-10,16H,11-15H2,1H3,(H,21,25)/t16-/m1/s1. The number of non-ortho nitro benzene ring substituents is 1. The molecule has 0 aromatic heterocycles. The lowest BCUT2D eigenvalue weighted by atomic mass is 10.1. The van der Waals surface area contributed by atoms with Crippen LogP contribution >= 0.6 is 0 Å². The van der Waals surface area contributed by atoms with Crippen molar-refractivity contribution in [1.82, 2.24) is 10.2 Å². The number of rotatable bonds is 6. The Hall–Kier alpha value is -2.93. The summed E-state index contributed by atoms with van der Waals surface area (Å²) < 4.78 is 0. The zero-order valence-electron chi connectivity index (χ0n) is 15.4. The Bertz CT molecular complexity index is 772. The highest BCUT2D eigenvalue weighted by Crippen LogP contribution is 2.20. The van der Waals surface area contributed by atoms with E-state index in [9.17, 15) is 14.9 Å². The molecule has 3 rings (SSSR count). The first-order valence-electron chi connectivity index (χ1n) is 9.09. The molecule has 142 valence electrons. The summed E-state index contributed by atoms with van der Waals surface area (Å²) in [5, 5.41) is 13.8. The van der Waals surface area contributed by atoms with Crippen molar-refractivity contribution in [3.8, 4) is 0 Å². The molecule has 0 radical (unpaired) electrons. The number of carbonyl (C=O) groups is 1. The average Bonchev–Trinajstić information content (AvgIpc) is 2.69. The van der Waals surface area contributed by atoms with Crippen molar-refractivity contribution in [2.75, 3.05) is 37.6 Å². The predicted molar refractivity (Wildman–Crippen MR) is 105 cm³/mol. The maximum Gasteiger partial charge on any atom is 0.269 e. The second-order valence-corrected chi connectivity index (χ2v) is 6.74. The third-order valence-electron chi connectivity index (χ3n) is 4.84. The molecule has 7 nitrogen and oxygen atoms in total. The minimum absolute atomic E-state index is 0.0138. The number of carbonyl (C=O) groups excluding carboxylic acids is 1. The van der Waals surface area contributed by atoms with Crippen LogP contribution < -0.4 is 10.2 Å². The van der Waals surface area contributed by atoms with Gasteiger partial charge in [0.15, 0.2) is 0 Å².